The fourth-order valence-corrected chi connectivity index (χ4v) is 2.20. The number of hydrogen-bond acceptors (Lipinski definition) is 2. The van der Waals surface area contributed by atoms with E-state index in [0.29, 0.717) is 30.5 Å². The third kappa shape index (κ3) is 6.78. The van der Waals surface area contributed by atoms with Crippen molar-refractivity contribution in [2.75, 3.05) is 13.1 Å². The summed E-state index contributed by atoms with van der Waals surface area (Å²) in [5.74, 6) is 1.19. The van der Waals surface area contributed by atoms with Crippen molar-refractivity contribution in [3.8, 4) is 0 Å². The van der Waals surface area contributed by atoms with Crippen LogP contribution in [0.4, 0.5) is 4.39 Å². The van der Waals surface area contributed by atoms with Gasteiger partial charge in [0.1, 0.15) is 18.1 Å². The maximum atomic E-state index is 13.0. The maximum absolute atomic E-state index is 13.0. The molecule has 0 atom stereocenters. The molecule has 0 amide bonds. The number of furan rings is 1. The molecule has 1 heterocycles. The smallest absolute Gasteiger partial charge is 0.191 e. The SMILES string of the molecule is CCNC(=NCc1ccco1)NCCc1ccc(F)cc1Cl.I. The molecule has 0 aliphatic carbocycles. The van der Waals surface area contributed by atoms with Crippen LogP contribution in [0.1, 0.15) is 18.2 Å². The first-order valence-corrected chi connectivity index (χ1v) is 7.55. The number of halogens is 3. The molecule has 1 aromatic carbocycles. The van der Waals surface area contributed by atoms with Crippen LogP contribution in [-0.2, 0) is 13.0 Å². The van der Waals surface area contributed by atoms with Gasteiger partial charge >= 0.3 is 0 Å². The van der Waals surface area contributed by atoms with Gasteiger partial charge in [-0.15, -0.1) is 24.0 Å². The number of aliphatic imine (C=N–C) groups is 1. The number of rotatable bonds is 6. The van der Waals surface area contributed by atoms with E-state index in [9.17, 15) is 4.39 Å². The molecule has 1 aromatic heterocycles. The highest BCUT2D eigenvalue weighted by Crippen LogP contribution is 2.17. The lowest BCUT2D eigenvalue weighted by molar-refractivity contribution is 0.512. The molecule has 0 unspecified atom stereocenters. The van der Waals surface area contributed by atoms with E-state index >= 15 is 0 Å². The standard InChI is InChI=1S/C16H19ClFN3O.HI/c1-2-19-16(21-11-14-4-3-9-22-14)20-8-7-12-5-6-13(18)10-15(12)17;/h3-6,9-10H,2,7-8,11H2,1H3,(H2,19,20,21);1H. The van der Waals surface area contributed by atoms with E-state index in [1.54, 1.807) is 12.3 Å². The van der Waals surface area contributed by atoms with E-state index in [1.165, 1.54) is 12.1 Å². The predicted octanol–water partition coefficient (Wildman–Crippen LogP) is 3.99. The Hall–Kier alpha value is -1.28. The molecule has 0 bridgehead atoms. The second kappa shape index (κ2) is 10.5. The Bertz CT molecular complexity index is 620. The minimum atomic E-state index is -0.324. The lowest BCUT2D eigenvalue weighted by Crippen LogP contribution is -2.38. The highest BCUT2D eigenvalue weighted by molar-refractivity contribution is 14.0. The molecule has 2 aromatic rings. The summed E-state index contributed by atoms with van der Waals surface area (Å²) in [6.45, 7) is 3.89. The molecule has 0 fully saturated rings. The first-order chi connectivity index (χ1) is 10.7. The van der Waals surface area contributed by atoms with Crippen LogP contribution in [0.2, 0.25) is 5.02 Å². The van der Waals surface area contributed by atoms with Crippen LogP contribution in [0.15, 0.2) is 46.0 Å². The molecule has 0 saturated heterocycles. The molecule has 2 N–H and O–H groups in total. The quantitative estimate of drug-likeness (QED) is 0.397. The van der Waals surface area contributed by atoms with Crippen LogP contribution < -0.4 is 10.6 Å². The zero-order valence-electron chi connectivity index (χ0n) is 12.8. The lowest BCUT2D eigenvalue weighted by atomic mass is 10.1. The van der Waals surface area contributed by atoms with Gasteiger partial charge in [-0.2, -0.15) is 0 Å². The van der Waals surface area contributed by atoms with E-state index in [0.717, 1.165) is 17.9 Å². The van der Waals surface area contributed by atoms with Crippen LogP contribution in [0.25, 0.3) is 0 Å². The van der Waals surface area contributed by atoms with Crippen molar-refractivity contribution < 1.29 is 8.81 Å². The average Bonchev–Trinajstić information content (AvgIpc) is 3.00. The Morgan fingerprint density at radius 3 is 2.78 bits per heavy atom. The molecule has 0 aliphatic rings. The number of benzene rings is 1. The van der Waals surface area contributed by atoms with Crippen molar-refractivity contribution >= 4 is 41.5 Å². The Morgan fingerprint density at radius 1 is 1.30 bits per heavy atom. The fraction of sp³-hybridized carbons (Fsp3) is 0.312. The predicted molar refractivity (Wildman–Crippen MR) is 102 cm³/mol. The van der Waals surface area contributed by atoms with E-state index < -0.39 is 0 Å². The van der Waals surface area contributed by atoms with Crippen molar-refractivity contribution in [3.05, 3.63) is 58.8 Å². The van der Waals surface area contributed by atoms with Gasteiger partial charge in [0.15, 0.2) is 5.96 Å². The maximum Gasteiger partial charge on any atom is 0.191 e. The Morgan fingerprint density at radius 2 is 2.13 bits per heavy atom. The number of guanidine groups is 1. The monoisotopic (exact) mass is 451 g/mol. The molecule has 7 heteroatoms. The van der Waals surface area contributed by atoms with Gasteiger partial charge in [-0.05, 0) is 43.2 Å². The zero-order chi connectivity index (χ0) is 15.8. The van der Waals surface area contributed by atoms with Gasteiger partial charge in [0.25, 0.3) is 0 Å². The van der Waals surface area contributed by atoms with Crippen molar-refractivity contribution in [1.82, 2.24) is 10.6 Å². The summed E-state index contributed by atoms with van der Waals surface area (Å²) in [5.41, 5.74) is 0.900. The van der Waals surface area contributed by atoms with Gasteiger partial charge < -0.3 is 15.1 Å². The summed E-state index contributed by atoms with van der Waals surface area (Å²) >= 11 is 6.01. The molecule has 0 radical (unpaired) electrons. The lowest BCUT2D eigenvalue weighted by Gasteiger charge is -2.11. The highest BCUT2D eigenvalue weighted by Gasteiger charge is 2.03. The summed E-state index contributed by atoms with van der Waals surface area (Å²) in [4.78, 5) is 4.43. The fourth-order valence-electron chi connectivity index (χ4n) is 1.94. The number of hydrogen-bond donors (Lipinski definition) is 2. The second-order valence-corrected chi connectivity index (χ2v) is 5.09. The molecule has 0 aliphatic heterocycles. The van der Waals surface area contributed by atoms with Crippen LogP contribution in [0.3, 0.4) is 0 Å². The minimum absolute atomic E-state index is 0. The minimum Gasteiger partial charge on any atom is -0.467 e. The Kier molecular flexibility index (Phi) is 9.01. The van der Waals surface area contributed by atoms with Gasteiger partial charge in [0.2, 0.25) is 0 Å². The summed E-state index contributed by atoms with van der Waals surface area (Å²) < 4.78 is 18.2. The van der Waals surface area contributed by atoms with Gasteiger partial charge in [-0.25, -0.2) is 9.38 Å². The van der Waals surface area contributed by atoms with Crippen molar-refractivity contribution in [2.45, 2.75) is 19.9 Å². The van der Waals surface area contributed by atoms with E-state index in [2.05, 4.69) is 15.6 Å². The van der Waals surface area contributed by atoms with Gasteiger partial charge in [0.05, 0.1) is 6.26 Å². The van der Waals surface area contributed by atoms with Gasteiger partial charge in [-0.1, -0.05) is 17.7 Å². The first kappa shape index (κ1) is 19.8. The van der Waals surface area contributed by atoms with Crippen LogP contribution in [-0.4, -0.2) is 19.0 Å². The molecule has 0 spiro atoms. The Balaban J connectivity index is 0.00000264. The molecule has 126 valence electrons. The van der Waals surface area contributed by atoms with Crippen LogP contribution in [0.5, 0.6) is 0 Å². The van der Waals surface area contributed by atoms with Crippen LogP contribution in [0, 0.1) is 5.82 Å². The normalized spacial score (nSPS) is 11.0. The highest BCUT2D eigenvalue weighted by atomic mass is 127. The topological polar surface area (TPSA) is 49.6 Å². The van der Waals surface area contributed by atoms with E-state index in [-0.39, 0.29) is 29.8 Å². The van der Waals surface area contributed by atoms with Crippen molar-refractivity contribution in [3.63, 3.8) is 0 Å². The molecule has 23 heavy (non-hydrogen) atoms. The van der Waals surface area contributed by atoms with E-state index in [1.807, 2.05) is 19.1 Å². The molecular formula is C16H20ClFIN3O. The zero-order valence-corrected chi connectivity index (χ0v) is 15.9. The molecular weight excluding hydrogens is 432 g/mol. The number of nitrogens with one attached hydrogen (secondary N) is 2. The summed E-state index contributed by atoms with van der Waals surface area (Å²) in [7, 11) is 0. The molecule has 0 saturated carbocycles. The third-order valence-corrected chi connectivity index (χ3v) is 3.37. The summed E-state index contributed by atoms with van der Waals surface area (Å²) in [6.07, 6.45) is 2.31. The third-order valence-electron chi connectivity index (χ3n) is 3.02. The summed E-state index contributed by atoms with van der Waals surface area (Å²) in [5, 5.41) is 6.82. The Labute approximate surface area is 157 Å². The van der Waals surface area contributed by atoms with E-state index in [4.69, 9.17) is 16.0 Å². The molecule has 2 rings (SSSR count). The van der Waals surface area contributed by atoms with Crippen molar-refractivity contribution in [2.24, 2.45) is 4.99 Å². The average molecular weight is 452 g/mol. The number of nitrogens with zero attached hydrogens (tertiary/aromatic N) is 1. The van der Waals surface area contributed by atoms with Crippen LogP contribution >= 0.6 is 35.6 Å². The van der Waals surface area contributed by atoms with Crippen molar-refractivity contribution in [1.29, 1.82) is 0 Å². The van der Waals surface area contributed by atoms with Gasteiger partial charge in [0, 0.05) is 18.1 Å². The first-order valence-electron chi connectivity index (χ1n) is 7.17. The molecule has 4 nitrogen and oxygen atoms in total. The largest absolute Gasteiger partial charge is 0.467 e. The summed E-state index contributed by atoms with van der Waals surface area (Å²) in [6, 6.07) is 8.16. The second-order valence-electron chi connectivity index (χ2n) is 4.69. The van der Waals surface area contributed by atoms with Gasteiger partial charge in [-0.3, -0.25) is 0 Å².